The summed E-state index contributed by atoms with van der Waals surface area (Å²) < 4.78 is 8.88. The molecular weight excluding hydrogens is 490 g/mol. The first-order valence-corrected chi connectivity index (χ1v) is 7.09. The van der Waals surface area contributed by atoms with Gasteiger partial charge in [0, 0.05) is 12.8 Å². The van der Waals surface area contributed by atoms with E-state index in [1.807, 2.05) is 0 Å². The average Bonchev–Trinajstić information content (AvgIpc) is 2.86. The zero-order valence-electron chi connectivity index (χ0n) is 13.4. The molecule has 0 bridgehead atoms. The maximum absolute atomic E-state index is 2.22. The summed E-state index contributed by atoms with van der Waals surface area (Å²) in [7, 11) is 8.50. The van der Waals surface area contributed by atoms with Gasteiger partial charge in [-0.05, 0) is 12.8 Å². The highest BCUT2D eigenvalue weighted by Crippen LogP contribution is 2.06. The summed E-state index contributed by atoms with van der Waals surface area (Å²) in [4.78, 5) is 0. The van der Waals surface area contributed by atoms with Gasteiger partial charge in [-0.2, -0.15) is 0 Å². The van der Waals surface area contributed by atoms with E-state index >= 15 is 0 Å². The van der Waals surface area contributed by atoms with Gasteiger partial charge in [0.2, 0.25) is 0 Å². The van der Waals surface area contributed by atoms with Crippen LogP contribution in [0, 0.1) is 0 Å². The lowest BCUT2D eigenvalue weighted by molar-refractivity contribution is -0.678. The number of unbranched alkanes of at least 4 members (excludes halogenated alkanes) is 2. The van der Waals surface area contributed by atoms with Crippen LogP contribution in [-0.4, -0.2) is 9.13 Å². The average molecular weight is 516 g/mol. The molecule has 2 aromatic rings. The number of halogens is 2. The molecule has 0 aliphatic rings. The second-order valence-electron chi connectivity index (χ2n) is 5.43. The lowest BCUT2D eigenvalue weighted by Crippen LogP contribution is -3.00. The third-order valence-corrected chi connectivity index (χ3v) is 3.96. The molecule has 4 nitrogen and oxygen atoms in total. The molecule has 0 fully saturated rings. The fourth-order valence-corrected chi connectivity index (χ4v) is 2.69. The molecule has 0 spiro atoms. The van der Waals surface area contributed by atoms with Crippen LogP contribution in [0.1, 0.15) is 30.9 Å². The number of rotatable bonds is 6. The van der Waals surface area contributed by atoms with E-state index in [1.165, 1.54) is 43.8 Å². The predicted molar refractivity (Wildman–Crippen MR) is 74.4 cm³/mol. The molecule has 0 aromatic carbocycles. The Morgan fingerprint density at radius 2 is 1.14 bits per heavy atom. The van der Waals surface area contributed by atoms with Crippen molar-refractivity contribution in [2.75, 3.05) is 0 Å². The summed E-state index contributed by atoms with van der Waals surface area (Å²) in [5.74, 6) is 2.81. The maximum atomic E-state index is 2.22. The normalized spacial score (nSPS) is 10.1. The van der Waals surface area contributed by atoms with E-state index < -0.39 is 0 Å². The number of hydrogen-bond donors (Lipinski definition) is 0. The van der Waals surface area contributed by atoms with Crippen LogP contribution in [-0.2, 0) is 41.0 Å². The Balaban J connectivity index is 0.00000200. The third-order valence-electron chi connectivity index (χ3n) is 3.96. The minimum Gasteiger partial charge on any atom is -1.00 e. The Morgan fingerprint density at radius 3 is 1.43 bits per heavy atom. The molecule has 0 atom stereocenters. The summed E-state index contributed by atoms with van der Waals surface area (Å²) in [5.41, 5.74) is 0. The first kappa shape index (κ1) is 20.9. The zero-order valence-corrected chi connectivity index (χ0v) is 17.7. The van der Waals surface area contributed by atoms with Crippen molar-refractivity contribution in [2.45, 2.75) is 32.1 Å². The van der Waals surface area contributed by atoms with Crippen LogP contribution >= 0.6 is 0 Å². The van der Waals surface area contributed by atoms with Gasteiger partial charge in [0.25, 0.3) is 11.6 Å². The standard InChI is InChI=1S/C15H26N4.2HI/c1-16-10-11-17(2)14(16)8-6-5-7-9-15-18(3)12-13-19(15)4;;/h10-13H,5-9H2,1-4H3;2*1H/q+2;;/p-2. The molecule has 0 N–H and O–H groups in total. The van der Waals surface area contributed by atoms with Gasteiger partial charge in [0.15, 0.2) is 0 Å². The molecule has 0 aliphatic heterocycles. The van der Waals surface area contributed by atoms with Crippen molar-refractivity contribution in [3.05, 3.63) is 36.4 Å². The van der Waals surface area contributed by atoms with Gasteiger partial charge in [-0.15, -0.1) is 0 Å². The fourth-order valence-electron chi connectivity index (χ4n) is 2.69. The van der Waals surface area contributed by atoms with E-state index in [4.69, 9.17) is 0 Å². The molecule has 21 heavy (non-hydrogen) atoms. The Kier molecular flexibility index (Phi) is 9.75. The first-order chi connectivity index (χ1) is 9.09. The highest BCUT2D eigenvalue weighted by Gasteiger charge is 2.12. The lowest BCUT2D eigenvalue weighted by atomic mass is 10.1. The van der Waals surface area contributed by atoms with Crippen LogP contribution in [0.2, 0.25) is 0 Å². The molecule has 0 saturated carbocycles. The molecule has 0 aliphatic carbocycles. The molecule has 6 heteroatoms. The largest absolute Gasteiger partial charge is 1.00 e. The molecule has 0 unspecified atom stereocenters. The molecule has 120 valence electrons. The van der Waals surface area contributed by atoms with Gasteiger partial charge in [-0.3, -0.25) is 0 Å². The van der Waals surface area contributed by atoms with Crippen molar-refractivity contribution in [3.8, 4) is 0 Å². The lowest BCUT2D eigenvalue weighted by Gasteiger charge is -2.00. The molecule has 2 heterocycles. The Bertz CT molecular complexity index is 459. The van der Waals surface area contributed by atoms with Crippen molar-refractivity contribution in [2.24, 2.45) is 28.2 Å². The van der Waals surface area contributed by atoms with Crippen molar-refractivity contribution < 1.29 is 57.1 Å². The Morgan fingerprint density at radius 1 is 0.762 bits per heavy atom. The quantitative estimate of drug-likeness (QED) is 0.208. The summed E-state index contributed by atoms with van der Waals surface area (Å²) in [5, 5.41) is 0. The van der Waals surface area contributed by atoms with Gasteiger partial charge in [-0.1, -0.05) is 6.42 Å². The van der Waals surface area contributed by atoms with E-state index in [0.717, 1.165) is 0 Å². The molecule has 2 aromatic heterocycles. The molecule has 2 rings (SSSR count). The van der Waals surface area contributed by atoms with Crippen LogP contribution in [0.4, 0.5) is 0 Å². The topological polar surface area (TPSA) is 17.6 Å². The second-order valence-corrected chi connectivity index (χ2v) is 5.43. The van der Waals surface area contributed by atoms with E-state index in [0.29, 0.717) is 0 Å². The molecule has 0 amide bonds. The highest BCUT2D eigenvalue weighted by atomic mass is 127. The highest BCUT2D eigenvalue weighted by molar-refractivity contribution is 4.83. The van der Waals surface area contributed by atoms with Gasteiger partial charge >= 0.3 is 0 Å². The number of imidazole rings is 2. The summed E-state index contributed by atoms with van der Waals surface area (Å²) in [6, 6.07) is 0. The van der Waals surface area contributed by atoms with E-state index in [2.05, 4.69) is 71.2 Å². The van der Waals surface area contributed by atoms with Crippen LogP contribution in [0.3, 0.4) is 0 Å². The van der Waals surface area contributed by atoms with E-state index in [-0.39, 0.29) is 48.0 Å². The summed E-state index contributed by atoms with van der Waals surface area (Å²) in [6.07, 6.45) is 14.6. The van der Waals surface area contributed by atoms with Crippen LogP contribution in [0.25, 0.3) is 0 Å². The van der Waals surface area contributed by atoms with Crippen molar-refractivity contribution in [1.82, 2.24) is 9.13 Å². The van der Waals surface area contributed by atoms with Gasteiger partial charge < -0.3 is 48.0 Å². The third kappa shape index (κ3) is 5.54. The number of nitrogens with zero attached hydrogens (tertiary/aromatic N) is 4. The van der Waals surface area contributed by atoms with Crippen molar-refractivity contribution >= 4 is 0 Å². The van der Waals surface area contributed by atoms with Gasteiger partial charge in [-0.25, -0.2) is 18.3 Å². The maximum Gasteiger partial charge on any atom is 0.255 e. The summed E-state index contributed by atoms with van der Waals surface area (Å²) in [6.45, 7) is 0. The number of hydrogen-bond acceptors (Lipinski definition) is 0. The predicted octanol–water partition coefficient (Wildman–Crippen LogP) is -5.02. The van der Waals surface area contributed by atoms with Gasteiger partial charge in [0.1, 0.15) is 24.8 Å². The minimum absolute atomic E-state index is 0. The van der Waals surface area contributed by atoms with Crippen molar-refractivity contribution in [3.63, 3.8) is 0 Å². The number of aryl methyl sites for hydroxylation is 4. The van der Waals surface area contributed by atoms with E-state index in [9.17, 15) is 0 Å². The van der Waals surface area contributed by atoms with Crippen molar-refractivity contribution in [1.29, 1.82) is 0 Å². The zero-order chi connectivity index (χ0) is 13.8. The first-order valence-electron chi connectivity index (χ1n) is 7.09. The van der Waals surface area contributed by atoms with Crippen LogP contribution in [0.15, 0.2) is 24.8 Å². The van der Waals surface area contributed by atoms with Crippen LogP contribution < -0.4 is 57.1 Å². The monoisotopic (exact) mass is 516 g/mol. The SMILES string of the molecule is Cn1cc[n+](C)c1CCCCCc1n(C)cc[n+]1C.[I-].[I-]. The minimum atomic E-state index is 0. The summed E-state index contributed by atoms with van der Waals surface area (Å²) >= 11 is 0. The molecule has 0 saturated heterocycles. The Hall–Kier alpha value is -0.120. The fraction of sp³-hybridized carbons (Fsp3) is 0.600. The van der Waals surface area contributed by atoms with E-state index in [1.54, 1.807) is 0 Å². The molecule has 0 radical (unpaired) electrons. The Labute approximate surface area is 162 Å². The number of aromatic nitrogens is 4. The second kappa shape index (κ2) is 9.81. The smallest absolute Gasteiger partial charge is 0.255 e. The molecular formula is C15H26I2N4. The van der Waals surface area contributed by atoms with Gasteiger partial charge in [0.05, 0.1) is 28.2 Å². The van der Waals surface area contributed by atoms with Crippen LogP contribution in [0.5, 0.6) is 0 Å².